The van der Waals surface area contributed by atoms with Gasteiger partial charge in [-0.2, -0.15) is 0 Å². The lowest BCUT2D eigenvalue weighted by molar-refractivity contribution is -0.150. The Hall–Kier alpha value is -2.17. The van der Waals surface area contributed by atoms with Crippen molar-refractivity contribution in [3.63, 3.8) is 0 Å². The van der Waals surface area contributed by atoms with Crippen LogP contribution in [0.25, 0.3) is 0 Å². The fourth-order valence-corrected chi connectivity index (χ4v) is 2.64. The lowest BCUT2D eigenvalue weighted by Crippen LogP contribution is -2.38. The van der Waals surface area contributed by atoms with Gasteiger partial charge in [0.05, 0.1) is 14.2 Å². The Labute approximate surface area is 116 Å². The van der Waals surface area contributed by atoms with Gasteiger partial charge in [-0.05, 0) is 18.4 Å². The number of hydrogen-bond donors (Lipinski definition) is 0. The summed E-state index contributed by atoms with van der Waals surface area (Å²) in [4.78, 5) is 36.0. The van der Waals surface area contributed by atoms with Crippen LogP contribution in [0.2, 0.25) is 0 Å². The number of rotatable bonds is 4. The van der Waals surface area contributed by atoms with Crippen LogP contribution in [0.5, 0.6) is 0 Å². The molecule has 0 saturated carbocycles. The summed E-state index contributed by atoms with van der Waals surface area (Å²) >= 11 is 0. The molecule has 1 aromatic rings. The number of benzene rings is 1. The molecule has 5 heteroatoms. The van der Waals surface area contributed by atoms with E-state index in [1.807, 2.05) is 12.1 Å². The quantitative estimate of drug-likeness (QED) is 0.616. The third-order valence-corrected chi connectivity index (χ3v) is 3.75. The normalized spacial score (nSPS) is 20.4. The van der Waals surface area contributed by atoms with Crippen LogP contribution in [-0.4, -0.2) is 31.9 Å². The molecule has 1 aliphatic carbocycles. The maximum absolute atomic E-state index is 12.6. The van der Waals surface area contributed by atoms with E-state index in [1.165, 1.54) is 14.2 Å². The predicted molar refractivity (Wildman–Crippen MR) is 70.2 cm³/mol. The van der Waals surface area contributed by atoms with Crippen molar-refractivity contribution in [1.29, 1.82) is 0 Å². The monoisotopic (exact) mass is 276 g/mol. The number of ketones is 1. The molecule has 0 spiro atoms. The zero-order chi connectivity index (χ0) is 14.8. The van der Waals surface area contributed by atoms with Crippen LogP contribution >= 0.6 is 0 Å². The third kappa shape index (κ3) is 2.19. The molecular weight excluding hydrogens is 260 g/mol. The maximum Gasteiger partial charge on any atom is 0.320 e. The Morgan fingerprint density at radius 2 is 1.90 bits per heavy atom. The lowest BCUT2D eigenvalue weighted by Gasteiger charge is -2.23. The van der Waals surface area contributed by atoms with Gasteiger partial charge in [-0.25, -0.2) is 0 Å². The molecule has 20 heavy (non-hydrogen) atoms. The maximum atomic E-state index is 12.6. The summed E-state index contributed by atoms with van der Waals surface area (Å²) < 4.78 is 9.37. The molecule has 0 aliphatic heterocycles. The topological polar surface area (TPSA) is 69.7 Å². The first-order valence-corrected chi connectivity index (χ1v) is 6.33. The van der Waals surface area contributed by atoms with Gasteiger partial charge in [-0.3, -0.25) is 14.4 Å². The molecule has 2 rings (SSSR count). The number of carbonyl (C=O) groups is 3. The van der Waals surface area contributed by atoms with Gasteiger partial charge in [0.15, 0.2) is 5.78 Å². The van der Waals surface area contributed by atoms with E-state index in [1.54, 1.807) is 12.1 Å². The first-order chi connectivity index (χ1) is 9.55. The largest absolute Gasteiger partial charge is 0.469 e. The minimum atomic E-state index is -1.30. The molecule has 1 unspecified atom stereocenters. The van der Waals surface area contributed by atoms with Gasteiger partial charge in [0.25, 0.3) is 0 Å². The Balaban J connectivity index is 2.34. The summed E-state index contributed by atoms with van der Waals surface area (Å²) in [6.07, 6.45) is 0.372. The Morgan fingerprint density at radius 3 is 2.50 bits per heavy atom. The Bertz CT molecular complexity index is 563. The Morgan fingerprint density at radius 1 is 1.20 bits per heavy atom. The molecule has 1 aromatic carbocycles. The van der Waals surface area contributed by atoms with E-state index >= 15 is 0 Å². The van der Waals surface area contributed by atoms with E-state index in [2.05, 4.69) is 4.74 Å². The zero-order valence-corrected chi connectivity index (χ0v) is 11.5. The zero-order valence-electron chi connectivity index (χ0n) is 11.5. The van der Waals surface area contributed by atoms with E-state index in [0.29, 0.717) is 5.56 Å². The smallest absolute Gasteiger partial charge is 0.320 e. The van der Waals surface area contributed by atoms with Crippen molar-refractivity contribution in [2.45, 2.75) is 19.3 Å². The number of ether oxygens (including phenoxy) is 2. The van der Waals surface area contributed by atoms with Crippen molar-refractivity contribution >= 4 is 17.7 Å². The first-order valence-electron chi connectivity index (χ1n) is 6.33. The molecule has 1 aliphatic rings. The molecule has 0 fully saturated rings. The van der Waals surface area contributed by atoms with Gasteiger partial charge in [-0.1, -0.05) is 24.3 Å². The average Bonchev–Trinajstić information content (AvgIpc) is 2.78. The van der Waals surface area contributed by atoms with Gasteiger partial charge >= 0.3 is 11.9 Å². The molecule has 106 valence electrons. The fraction of sp³-hybridized carbons (Fsp3) is 0.400. The van der Waals surface area contributed by atoms with Crippen LogP contribution in [0.3, 0.4) is 0 Å². The summed E-state index contributed by atoms with van der Waals surface area (Å²) in [5, 5.41) is 0. The second kappa shape index (κ2) is 5.45. The van der Waals surface area contributed by atoms with E-state index < -0.39 is 17.4 Å². The summed E-state index contributed by atoms with van der Waals surface area (Å²) in [7, 11) is 2.52. The summed E-state index contributed by atoms with van der Waals surface area (Å²) in [6.45, 7) is 0. The SMILES string of the molecule is COC(=O)CCC1(C(=O)OC)Cc2ccccc2C1=O. The van der Waals surface area contributed by atoms with Gasteiger partial charge in [0, 0.05) is 12.0 Å². The molecule has 0 aromatic heterocycles. The number of fused-ring (bicyclic) bond motifs is 1. The fourth-order valence-electron chi connectivity index (χ4n) is 2.64. The van der Waals surface area contributed by atoms with Crippen molar-refractivity contribution in [3.8, 4) is 0 Å². The summed E-state index contributed by atoms with van der Waals surface area (Å²) in [5.74, 6) is -1.32. The first kappa shape index (κ1) is 14.2. The highest BCUT2D eigenvalue weighted by Gasteiger charge is 2.52. The van der Waals surface area contributed by atoms with Gasteiger partial charge in [-0.15, -0.1) is 0 Å². The summed E-state index contributed by atoms with van der Waals surface area (Å²) in [5.41, 5.74) is 0.0441. The van der Waals surface area contributed by atoms with Crippen molar-refractivity contribution in [2.75, 3.05) is 14.2 Å². The van der Waals surface area contributed by atoms with Crippen LogP contribution in [0, 0.1) is 5.41 Å². The Kier molecular flexibility index (Phi) is 3.88. The van der Waals surface area contributed by atoms with Crippen LogP contribution in [0.1, 0.15) is 28.8 Å². The van der Waals surface area contributed by atoms with Gasteiger partial charge in [0.2, 0.25) is 0 Å². The highest BCUT2D eigenvalue weighted by atomic mass is 16.5. The van der Waals surface area contributed by atoms with Crippen molar-refractivity contribution in [2.24, 2.45) is 5.41 Å². The molecule has 0 heterocycles. The molecule has 5 nitrogen and oxygen atoms in total. The van der Waals surface area contributed by atoms with Crippen molar-refractivity contribution in [3.05, 3.63) is 35.4 Å². The van der Waals surface area contributed by atoms with Gasteiger partial charge < -0.3 is 9.47 Å². The van der Waals surface area contributed by atoms with E-state index in [-0.39, 0.29) is 25.0 Å². The van der Waals surface area contributed by atoms with E-state index in [4.69, 9.17) is 4.74 Å². The van der Waals surface area contributed by atoms with Crippen molar-refractivity contribution < 1.29 is 23.9 Å². The van der Waals surface area contributed by atoms with E-state index in [9.17, 15) is 14.4 Å². The second-order valence-corrected chi connectivity index (χ2v) is 4.81. The molecule has 1 atom stereocenters. The predicted octanol–water partition coefficient (Wildman–Crippen LogP) is 1.54. The molecule has 0 radical (unpaired) electrons. The molecule has 0 saturated heterocycles. The van der Waals surface area contributed by atoms with Gasteiger partial charge in [0.1, 0.15) is 5.41 Å². The average molecular weight is 276 g/mol. The number of hydrogen-bond acceptors (Lipinski definition) is 5. The van der Waals surface area contributed by atoms with E-state index in [0.717, 1.165) is 5.56 Å². The molecule has 0 amide bonds. The lowest BCUT2D eigenvalue weighted by atomic mass is 9.79. The standard InChI is InChI=1S/C15H16O5/c1-19-12(16)7-8-15(14(18)20-2)9-10-5-3-4-6-11(10)13(15)17/h3-6H,7-9H2,1-2H3. The summed E-state index contributed by atoms with van der Waals surface area (Å²) in [6, 6.07) is 7.08. The van der Waals surface area contributed by atoms with Crippen molar-refractivity contribution in [1.82, 2.24) is 0 Å². The number of esters is 2. The van der Waals surface area contributed by atoms with Crippen LogP contribution in [-0.2, 0) is 25.5 Å². The second-order valence-electron chi connectivity index (χ2n) is 4.81. The molecule has 0 bridgehead atoms. The number of methoxy groups -OCH3 is 2. The molecule has 0 N–H and O–H groups in total. The minimum absolute atomic E-state index is 0.00529. The molecular formula is C15H16O5. The number of carbonyl (C=O) groups excluding carboxylic acids is 3. The van der Waals surface area contributed by atoms with Crippen LogP contribution < -0.4 is 0 Å². The highest BCUT2D eigenvalue weighted by molar-refractivity contribution is 6.16. The number of Topliss-reactive ketones (excluding diaryl/α,β-unsaturated/α-hetero) is 1. The minimum Gasteiger partial charge on any atom is -0.469 e. The van der Waals surface area contributed by atoms with Crippen LogP contribution in [0.4, 0.5) is 0 Å². The highest BCUT2D eigenvalue weighted by Crippen LogP contribution is 2.41. The third-order valence-electron chi connectivity index (χ3n) is 3.75. The van der Waals surface area contributed by atoms with Crippen LogP contribution in [0.15, 0.2) is 24.3 Å².